The first-order valence-electron chi connectivity index (χ1n) is 14.5. The summed E-state index contributed by atoms with van der Waals surface area (Å²) in [5, 5.41) is 2.69. The molecule has 3 aromatic rings. The van der Waals surface area contributed by atoms with Gasteiger partial charge in [-0.15, -0.1) is 0 Å². The predicted molar refractivity (Wildman–Crippen MR) is 169 cm³/mol. The maximum absolute atomic E-state index is 14.1. The summed E-state index contributed by atoms with van der Waals surface area (Å²) in [5.74, 6) is -1.25. The molecule has 242 valence electrons. The van der Waals surface area contributed by atoms with Gasteiger partial charge in [-0.3, -0.25) is 13.9 Å². The van der Waals surface area contributed by atoms with Gasteiger partial charge in [0.2, 0.25) is 11.8 Å². The number of alkyl halides is 3. The van der Waals surface area contributed by atoms with E-state index >= 15 is 0 Å². The van der Waals surface area contributed by atoms with Crippen molar-refractivity contribution in [1.82, 2.24) is 10.2 Å². The molecule has 0 saturated heterocycles. The van der Waals surface area contributed by atoms with Crippen LogP contribution in [0.2, 0.25) is 10.0 Å². The van der Waals surface area contributed by atoms with Crippen LogP contribution >= 0.6 is 23.2 Å². The summed E-state index contributed by atoms with van der Waals surface area (Å²) in [5.41, 5.74) is -0.418. The second-order valence-corrected chi connectivity index (χ2v) is 13.8. The minimum atomic E-state index is -4.89. The van der Waals surface area contributed by atoms with Gasteiger partial charge in [0, 0.05) is 17.6 Å². The highest BCUT2D eigenvalue weighted by molar-refractivity contribution is 7.92. The number of hydrogen-bond donors (Lipinski definition) is 1. The van der Waals surface area contributed by atoms with Crippen LogP contribution < -0.4 is 9.62 Å². The van der Waals surface area contributed by atoms with E-state index in [1.165, 1.54) is 36.1 Å². The Morgan fingerprint density at radius 2 is 1.60 bits per heavy atom. The molecule has 1 fully saturated rings. The summed E-state index contributed by atoms with van der Waals surface area (Å²) in [7, 11) is -4.58. The van der Waals surface area contributed by atoms with Crippen molar-refractivity contribution in [2.24, 2.45) is 0 Å². The number of rotatable bonds is 10. The first-order valence-corrected chi connectivity index (χ1v) is 16.7. The van der Waals surface area contributed by atoms with Gasteiger partial charge in [-0.05, 0) is 68.7 Å². The third kappa shape index (κ3) is 8.51. The number of carbonyl (C=O) groups is 2. The van der Waals surface area contributed by atoms with Crippen LogP contribution in [0.1, 0.15) is 55.7 Å². The third-order valence-corrected chi connectivity index (χ3v) is 10.3. The van der Waals surface area contributed by atoms with E-state index in [1.807, 2.05) is 0 Å². The van der Waals surface area contributed by atoms with E-state index in [9.17, 15) is 31.2 Å². The molecular weight excluding hydrogens is 650 g/mol. The number of halogens is 5. The van der Waals surface area contributed by atoms with E-state index in [0.29, 0.717) is 21.0 Å². The Hall–Kier alpha value is -3.28. The fourth-order valence-electron chi connectivity index (χ4n) is 5.21. The van der Waals surface area contributed by atoms with E-state index in [2.05, 4.69) is 5.32 Å². The molecule has 1 aliphatic carbocycles. The van der Waals surface area contributed by atoms with Gasteiger partial charge in [0.1, 0.15) is 12.6 Å². The van der Waals surface area contributed by atoms with Crippen LogP contribution in [0.4, 0.5) is 18.9 Å². The Balaban J connectivity index is 1.75. The lowest BCUT2D eigenvalue weighted by Crippen LogP contribution is -2.53. The number of benzene rings is 3. The van der Waals surface area contributed by atoms with Gasteiger partial charge in [-0.25, -0.2) is 8.42 Å². The smallest absolute Gasteiger partial charge is 0.352 e. The van der Waals surface area contributed by atoms with E-state index in [4.69, 9.17) is 23.2 Å². The van der Waals surface area contributed by atoms with Crippen LogP contribution in [0, 0.1) is 6.92 Å². The topological polar surface area (TPSA) is 86.8 Å². The van der Waals surface area contributed by atoms with Crippen molar-refractivity contribution in [1.29, 1.82) is 0 Å². The van der Waals surface area contributed by atoms with Crippen LogP contribution in [0.25, 0.3) is 0 Å². The molecule has 0 bridgehead atoms. The molecule has 0 radical (unpaired) electrons. The van der Waals surface area contributed by atoms with Crippen molar-refractivity contribution >= 4 is 50.7 Å². The number of sulfonamides is 1. The number of anilines is 1. The fraction of sp³-hybridized carbons (Fsp3) is 0.375. The predicted octanol–water partition coefficient (Wildman–Crippen LogP) is 7.38. The number of hydrogen-bond acceptors (Lipinski definition) is 4. The SMILES string of the molecule is Cc1ccc(S(=O)(=O)N(CC(=O)N(Cc2ccccc2Cl)[C@@H](C)C(=O)NC2CCCCC2)c2ccc(Cl)c(C(F)(F)F)c2)cc1. The normalized spacial score (nSPS) is 14.9. The molecule has 3 aromatic carbocycles. The van der Waals surface area contributed by atoms with Gasteiger partial charge in [-0.2, -0.15) is 13.2 Å². The third-order valence-electron chi connectivity index (χ3n) is 7.85. The lowest BCUT2D eigenvalue weighted by molar-refractivity contribution is -0.139. The first kappa shape index (κ1) is 34.6. The van der Waals surface area contributed by atoms with Gasteiger partial charge in [0.15, 0.2) is 0 Å². The van der Waals surface area contributed by atoms with Crippen molar-refractivity contribution in [3.05, 3.63) is 93.5 Å². The van der Waals surface area contributed by atoms with Crippen LogP contribution in [0.3, 0.4) is 0 Å². The highest BCUT2D eigenvalue weighted by Gasteiger charge is 2.37. The molecule has 0 aromatic heterocycles. The summed E-state index contributed by atoms with van der Waals surface area (Å²) < 4.78 is 70.0. The van der Waals surface area contributed by atoms with Crippen LogP contribution in [0.5, 0.6) is 0 Å². The van der Waals surface area contributed by atoms with Crippen LogP contribution in [-0.2, 0) is 32.3 Å². The number of aryl methyl sites for hydroxylation is 1. The van der Waals surface area contributed by atoms with E-state index < -0.39 is 56.9 Å². The number of amides is 2. The molecule has 1 saturated carbocycles. The minimum Gasteiger partial charge on any atom is -0.352 e. The van der Waals surface area contributed by atoms with Crippen molar-refractivity contribution < 1.29 is 31.2 Å². The monoisotopic (exact) mass is 683 g/mol. The Kier molecular flexibility index (Phi) is 11.1. The molecule has 0 heterocycles. The lowest BCUT2D eigenvalue weighted by Gasteiger charge is -2.33. The van der Waals surface area contributed by atoms with Crippen molar-refractivity contribution in [3.8, 4) is 0 Å². The highest BCUT2D eigenvalue weighted by atomic mass is 35.5. The van der Waals surface area contributed by atoms with Crippen LogP contribution in [0.15, 0.2) is 71.6 Å². The van der Waals surface area contributed by atoms with Crippen LogP contribution in [-0.4, -0.2) is 43.8 Å². The van der Waals surface area contributed by atoms with Crippen molar-refractivity contribution in [2.75, 3.05) is 10.8 Å². The molecule has 45 heavy (non-hydrogen) atoms. The average Bonchev–Trinajstić information content (AvgIpc) is 2.99. The molecule has 0 aliphatic heterocycles. The van der Waals surface area contributed by atoms with Gasteiger partial charge in [0.05, 0.1) is 21.2 Å². The zero-order chi connectivity index (χ0) is 32.9. The molecule has 13 heteroatoms. The second-order valence-electron chi connectivity index (χ2n) is 11.1. The zero-order valence-corrected chi connectivity index (χ0v) is 27.1. The maximum atomic E-state index is 14.1. The van der Waals surface area contributed by atoms with Gasteiger partial charge in [-0.1, -0.05) is 78.4 Å². The zero-order valence-electron chi connectivity index (χ0n) is 24.8. The summed E-state index contributed by atoms with van der Waals surface area (Å²) >= 11 is 12.2. The number of nitrogens with one attached hydrogen (secondary N) is 1. The maximum Gasteiger partial charge on any atom is 0.417 e. The quantitative estimate of drug-likeness (QED) is 0.242. The Morgan fingerprint density at radius 3 is 2.22 bits per heavy atom. The largest absolute Gasteiger partial charge is 0.417 e. The average molecular weight is 685 g/mol. The second kappa shape index (κ2) is 14.4. The molecule has 2 amide bonds. The van der Waals surface area contributed by atoms with Crippen molar-refractivity contribution in [3.63, 3.8) is 0 Å². The van der Waals surface area contributed by atoms with Crippen molar-refractivity contribution in [2.45, 2.75) is 75.7 Å². The van der Waals surface area contributed by atoms with Gasteiger partial charge >= 0.3 is 6.18 Å². The fourth-order valence-corrected chi connectivity index (χ4v) is 7.04. The van der Waals surface area contributed by atoms with Gasteiger partial charge in [0.25, 0.3) is 10.0 Å². The van der Waals surface area contributed by atoms with E-state index in [1.54, 1.807) is 31.2 Å². The Morgan fingerprint density at radius 1 is 0.956 bits per heavy atom. The molecule has 0 unspecified atom stereocenters. The number of nitrogens with zero attached hydrogens (tertiary/aromatic N) is 2. The standard InChI is InChI=1S/C32H34Cl2F3N3O4S/c1-21-12-15-26(16-13-21)45(43,44)40(25-14-17-29(34)27(18-25)32(35,36)37)20-30(41)39(19-23-8-6-7-11-28(23)33)22(2)31(42)38-24-9-4-3-5-10-24/h6-8,11-18,22,24H,3-5,9-10,19-20H2,1-2H3,(H,38,42)/t22-/m0/s1. The van der Waals surface area contributed by atoms with E-state index in [0.717, 1.165) is 49.8 Å². The molecule has 0 spiro atoms. The molecular formula is C32H34Cl2F3N3O4S. The molecule has 7 nitrogen and oxygen atoms in total. The number of carbonyl (C=O) groups excluding carboxylic acids is 2. The lowest BCUT2D eigenvalue weighted by atomic mass is 9.95. The molecule has 1 N–H and O–H groups in total. The summed E-state index contributed by atoms with van der Waals surface area (Å²) in [6.45, 7) is 2.22. The minimum absolute atomic E-state index is 0.0563. The summed E-state index contributed by atoms with van der Waals surface area (Å²) in [6.07, 6.45) is -0.276. The molecule has 1 aliphatic rings. The highest BCUT2D eigenvalue weighted by Crippen LogP contribution is 2.38. The first-order chi connectivity index (χ1) is 21.2. The van der Waals surface area contributed by atoms with E-state index in [-0.39, 0.29) is 17.5 Å². The summed E-state index contributed by atoms with van der Waals surface area (Å²) in [6, 6.07) is 13.9. The van der Waals surface area contributed by atoms with Gasteiger partial charge < -0.3 is 10.2 Å². The summed E-state index contributed by atoms with van der Waals surface area (Å²) in [4.78, 5) is 28.5. The molecule has 4 rings (SSSR count). The Bertz CT molecular complexity index is 1630. The molecule has 1 atom stereocenters. The Labute approximate surface area is 271 Å².